The summed E-state index contributed by atoms with van der Waals surface area (Å²) in [6, 6.07) is 13.2. The number of halogens is 1. The Hall–Kier alpha value is -2.31. The van der Waals surface area contributed by atoms with Gasteiger partial charge >= 0.3 is 0 Å². The van der Waals surface area contributed by atoms with Gasteiger partial charge in [0.1, 0.15) is 5.75 Å². The summed E-state index contributed by atoms with van der Waals surface area (Å²) in [5, 5.41) is 10.2. The second kappa shape index (κ2) is 9.26. The molecule has 0 aliphatic rings. The van der Waals surface area contributed by atoms with E-state index >= 15 is 0 Å². The first-order chi connectivity index (χ1) is 13.5. The van der Waals surface area contributed by atoms with Crippen LogP contribution < -0.4 is 4.74 Å². The molecule has 5 nitrogen and oxygen atoms in total. The number of thioether (sulfide) groups is 1. The number of carbonyl (C=O) groups is 1. The fourth-order valence-electron chi connectivity index (χ4n) is 2.87. The lowest BCUT2D eigenvalue weighted by Crippen LogP contribution is -2.02. The van der Waals surface area contributed by atoms with Gasteiger partial charge in [0, 0.05) is 34.0 Å². The van der Waals surface area contributed by atoms with E-state index in [1.165, 1.54) is 0 Å². The molecule has 0 aliphatic carbocycles. The molecule has 3 aromatic rings. The highest BCUT2D eigenvalue weighted by atomic mass is 35.5. The maximum atomic E-state index is 11.7. The first-order valence-corrected chi connectivity index (χ1v) is 10.5. The monoisotopic (exact) mass is 415 g/mol. The van der Waals surface area contributed by atoms with E-state index in [9.17, 15) is 4.79 Å². The van der Waals surface area contributed by atoms with Crippen molar-refractivity contribution in [1.82, 2.24) is 14.8 Å². The SMILES string of the molecule is CCOc1ccc(C(C)=O)cc1CSc1nnc(-c2cccc(Cl)c2)n1CC. The van der Waals surface area contributed by atoms with Gasteiger partial charge < -0.3 is 9.30 Å². The fourth-order valence-corrected chi connectivity index (χ4v) is 4.04. The molecule has 0 fully saturated rings. The molecule has 1 aromatic heterocycles. The zero-order valence-electron chi connectivity index (χ0n) is 16.1. The van der Waals surface area contributed by atoms with Crippen molar-refractivity contribution in [3.8, 4) is 17.1 Å². The Labute approximate surface area is 174 Å². The second-order valence-corrected chi connectivity index (χ2v) is 7.54. The smallest absolute Gasteiger partial charge is 0.191 e. The van der Waals surface area contributed by atoms with Crippen molar-refractivity contribution >= 4 is 29.1 Å². The molecular weight excluding hydrogens is 394 g/mol. The molecule has 0 N–H and O–H groups in total. The standard InChI is InChI=1S/C21H22ClN3O2S/c1-4-25-20(16-7-6-8-18(22)12-16)23-24-21(25)28-13-17-11-15(14(3)26)9-10-19(17)27-5-2/h6-12H,4-5,13H2,1-3H3. The molecule has 0 saturated carbocycles. The summed E-state index contributed by atoms with van der Waals surface area (Å²) in [4.78, 5) is 11.7. The van der Waals surface area contributed by atoms with Gasteiger partial charge in [-0.1, -0.05) is 35.5 Å². The summed E-state index contributed by atoms with van der Waals surface area (Å²) in [6.07, 6.45) is 0. The zero-order chi connectivity index (χ0) is 20.1. The third-order valence-electron chi connectivity index (χ3n) is 4.24. The van der Waals surface area contributed by atoms with Crippen molar-refractivity contribution in [3.63, 3.8) is 0 Å². The minimum absolute atomic E-state index is 0.0364. The molecule has 0 aliphatic heterocycles. The van der Waals surface area contributed by atoms with Crippen LogP contribution in [0.15, 0.2) is 47.6 Å². The number of ketones is 1. The maximum Gasteiger partial charge on any atom is 0.191 e. The molecule has 146 valence electrons. The predicted octanol–water partition coefficient (Wildman–Crippen LogP) is 5.51. The number of carbonyl (C=O) groups excluding carboxylic acids is 1. The predicted molar refractivity (Wildman–Crippen MR) is 113 cm³/mol. The molecule has 28 heavy (non-hydrogen) atoms. The van der Waals surface area contributed by atoms with Crippen molar-refractivity contribution < 1.29 is 9.53 Å². The van der Waals surface area contributed by atoms with E-state index in [4.69, 9.17) is 16.3 Å². The lowest BCUT2D eigenvalue weighted by atomic mass is 10.1. The first-order valence-electron chi connectivity index (χ1n) is 9.12. The highest BCUT2D eigenvalue weighted by Crippen LogP contribution is 2.31. The number of ether oxygens (including phenoxy) is 1. The normalized spacial score (nSPS) is 10.9. The van der Waals surface area contributed by atoms with Crippen molar-refractivity contribution in [2.45, 2.75) is 38.2 Å². The van der Waals surface area contributed by atoms with Crippen molar-refractivity contribution in [3.05, 3.63) is 58.6 Å². The van der Waals surface area contributed by atoms with E-state index in [2.05, 4.69) is 21.7 Å². The van der Waals surface area contributed by atoms with Gasteiger partial charge in [-0.25, -0.2) is 0 Å². The molecule has 0 saturated heterocycles. The lowest BCUT2D eigenvalue weighted by molar-refractivity contribution is 0.101. The molecule has 0 spiro atoms. The van der Waals surface area contributed by atoms with Crippen LogP contribution in [0.2, 0.25) is 5.02 Å². The molecule has 0 radical (unpaired) electrons. The molecular formula is C21H22ClN3O2S. The van der Waals surface area contributed by atoms with Crippen molar-refractivity contribution in [2.24, 2.45) is 0 Å². The molecule has 0 unspecified atom stereocenters. The van der Waals surface area contributed by atoms with Crippen LogP contribution in [0.5, 0.6) is 5.75 Å². The third kappa shape index (κ3) is 4.56. The van der Waals surface area contributed by atoms with Crippen LogP contribution in [0.4, 0.5) is 0 Å². The number of hydrogen-bond acceptors (Lipinski definition) is 5. The Morgan fingerprint density at radius 2 is 2.00 bits per heavy atom. The van der Waals surface area contributed by atoms with Crippen LogP contribution in [0.3, 0.4) is 0 Å². The quantitative estimate of drug-likeness (QED) is 0.358. The highest BCUT2D eigenvalue weighted by Gasteiger charge is 2.15. The van der Waals surface area contributed by atoms with E-state index in [-0.39, 0.29) is 5.78 Å². The summed E-state index contributed by atoms with van der Waals surface area (Å²) in [7, 11) is 0. The molecule has 0 amide bonds. The summed E-state index contributed by atoms with van der Waals surface area (Å²) in [6.45, 7) is 6.88. The van der Waals surface area contributed by atoms with Crippen LogP contribution in [-0.4, -0.2) is 27.2 Å². The van der Waals surface area contributed by atoms with E-state index in [0.717, 1.165) is 34.4 Å². The average molecular weight is 416 g/mol. The number of nitrogens with zero attached hydrogens (tertiary/aromatic N) is 3. The van der Waals surface area contributed by atoms with Gasteiger partial charge in [0.05, 0.1) is 6.61 Å². The van der Waals surface area contributed by atoms with Gasteiger partial charge in [-0.2, -0.15) is 0 Å². The molecule has 0 atom stereocenters. The minimum Gasteiger partial charge on any atom is -0.494 e. The number of benzene rings is 2. The van der Waals surface area contributed by atoms with Crippen molar-refractivity contribution in [2.75, 3.05) is 6.61 Å². The summed E-state index contributed by atoms with van der Waals surface area (Å²) in [5.74, 6) is 2.24. The first kappa shape index (κ1) is 20.4. The maximum absolute atomic E-state index is 11.7. The highest BCUT2D eigenvalue weighted by molar-refractivity contribution is 7.98. The molecule has 3 rings (SSSR count). The van der Waals surface area contributed by atoms with E-state index in [1.807, 2.05) is 43.3 Å². The number of aromatic nitrogens is 3. The van der Waals surface area contributed by atoms with Gasteiger partial charge in [-0.05, 0) is 51.1 Å². The van der Waals surface area contributed by atoms with E-state index < -0.39 is 0 Å². The van der Waals surface area contributed by atoms with E-state index in [0.29, 0.717) is 22.9 Å². The molecule has 2 aromatic carbocycles. The van der Waals surface area contributed by atoms with Gasteiger partial charge in [0.25, 0.3) is 0 Å². The number of rotatable bonds is 8. The van der Waals surface area contributed by atoms with Gasteiger partial charge in [0.15, 0.2) is 16.8 Å². The fraction of sp³-hybridized carbons (Fsp3) is 0.286. The Kier molecular flexibility index (Phi) is 6.75. The summed E-state index contributed by atoms with van der Waals surface area (Å²) >= 11 is 7.69. The lowest BCUT2D eigenvalue weighted by Gasteiger charge is -2.12. The Morgan fingerprint density at radius 1 is 1.18 bits per heavy atom. The van der Waals surface area contributed by atoms with Gasteiger partial charge in [-0.15, -0.1) is 10.2 Å². The van der Waals surface area contributed by atoms with Crippen LogP contribution in [-0.2, 0) is 12.3 Å². The third-order valence-corrected chi connectivity index (χ3v) is 5.49. The van der Waals surface area contributed by atoms with Crippen LogP contribution in [0.25, 0.3) is 11.4 Å². The van der Waals surface area contributed by atoms with Crippen LogP contribution >= 0.6 is 23.4 Å². The van der Waals surface area contributed by atoms with Crippen molar-refractivity contribution in [1.29, 1.82) is 0 Å². The Bertz CT molecular complexity index is 988. The average Bonchev–Trinajstić information content (AvgIpc) is 3.10. The number of Topliss-reactive ketones (excluding diaryl/α,β-unsaturated/α-hetero) is 1. The molecule has 1 heterocycles. The summed E-state index contributed by atoms with van der Waals surface area (Å²) in [5.41, 5.74) is 2.58. The largest absolute Gasteiger partial charge is 0.494 e. The van der Waals surface area contributed by atoms with E-state index in [1.54, 1.807) is 24.8 Å². The minimum atomic E-state index is 0.0364. The second-order valence-electron chi connectivity index (χ2n) is 6.16. The van der Waals surface area contributed by atoms with Gasteiger partial charge in [-0.3, -0.25) is 4.79 Å². The van der Waals surface area contributed by atoms with Crippen LogP contribution in [0, 0.1) is 0 Å². The molecule has 0 bridgehead atoms. The Balaban J connectivity index is 1.87. The van der Waals surface area contributed by atoms with Gasteiger partial charge in [0.2, 0.25) is 0 Å². The zero-order valence-corrected chi connectivity index (χ0v) is 17.7. The van der Waals surface area contributed by atoms with Crippen LogP contribution in [0.1, 0.15) is 36.7 Å². The Morgan fingerprint density at radius 3 is 2.68 bits per heavy atom. The topological polar surface area (TPSA) is 57.0 Å². The summed E-state index contributed by atoms with van der Waals surface area (Å²) < 4.78 is 7.78. The number of hydrogen-bond donors (Lipinski definition) is 0. The molecule has 7 heteroatoms.